The lowest BCUT2D eigenvalue weighted by Gasteiger charge is -2.09. The van der Waals surface area contributed by atoms with Gasteiger partial charge in [0.2, 0.25) is 0 Å². The predicted molar refractivity (Wildman–Crippen MR) is 76.9 cm³/mol. The second-order valence-corrected chi connectivity index (χ2v) is 5.67. The molecule has 0 amide bonds. The third-order valence-corrected chi connectivity index (χ3v) is 3.91. The van der Waals surface area contributed by atoms with Gasteiger partial charge in [-0.15, -0.1) is 11.8 Å². The quantitative estimate of drug-likeness (QED) is 0.435. The van der Waals surface area contributed by atoms with Crippen molar-refractivity contribution < 1.29 is 24.5 Å². The summed E-state index contributed by atoms with van der Waals surface area (Å²) in [5.41, 5.74) is -0.877. The van der Waals surface area contributed by atoms with Gasteiger partial charge in [0.15, 0.2) is 0 Å². The maximum Gasteiger partial charge on any atom is 0.303 e. The average molecular weight is 328 g/mol. The van der Waals surface area contributed by atoms with Crippen LogP contribution in [-0.2, 0) is 9.59 Å². The minimum Gasteiger partial charge on any atom is -0.481 e. The van der Waals surface area contributed by atoms with Crippen LogP contribution in [0.3, 0.4) is 0 Å². The number of non-ortho nitro benzene ring substituents is 1. The molecule has 1 rings (SSSR count). The minimum absolute atomic E-state index is 0.117. The van der Waals surface area contributed by atoms with Crippen LogP contribution in [0.4, 0.5) is 11.4 Å². The van der Waals surface area contributed by atoms with Crippen molar-refractivity contribution in [2.45, 2.75) is 29.9 Å². The molecule has 1 N–H and O–H groups in total. The van der Waals surface area contributed by atoms with Gasteiger partial charge in [-0.3, -0.25) is 29.8 Å². The lowest BCUT2D eigenvalue weighted by molar-refractivity contribution is -0.396. The van der Waals surface area contributed by atoms with E-state index in [2.05, 4.69) is 0 Å². The average Bonchev–Trinajstić information content (AvgIpc) is 2.44. The molecular formula is C12H12N2O7S. The zero-order valence-corrected chi connectivity index (χ0v) is 12.2. The van der Waals surface area contributed by atoms with Crippen molar-refractivity contribution in [3.05, 3.63) is 38.4 Å². The Morgan fingerprint density at radius 1 is 1.23 bits per heavy atom. The van der Waals surface area contributed by atoms with Gasteiger partial charge in [0.1, 0.15) is 5.78 Å². The van der Waals surface area contributed by atoms with E-state index in [0.717, 1.165) is 23.9 Å². The van der Waals surface area contributed by atoms with Crippen LogP contribution < -0.4 is 0 Å². The van der Waals surface area contributed by atoms with Crippen molar-refractivity contribution in [3.8, 4) is 0 Å². The number of hydrogen-bond donors (Lipinski definition) is 1. The van der Waals surface area contributed by atoms with Crippen molar-refractivity contribution in [2.75, 3.05) is 0 Å². The summed E-state index contributed by atoms with van der Waals surface area (Å²) >= 11 is 0.872. The van der Waals surface area contributed by atoms with E-state index >= 15 is 0 Å². The van der Waals surface area contributed by atoms with Gasteiger partial charge in [0, 0.05) is 12.5 Å². The van der Waals surface area contributed by atoms with E-state index in [1.54, 1.807) is 0 Å². The molecule has 0 heterocycles. The minimum atomic E-state index is -1.10. The summed E-state index contributed by atoms with van der Waals surface area (Å²) in [4.78, 5) is 42.4. The van der Waals surface area contributed by atoms with Gasteiger partial charge in [-0.25, -0.2) is 0 Å². The second kappa shape index (κ2) is 7.50. The molecule has 10 heteroatoms. The number of benzene rings is 1. The first-order valence-corrected chi connectivity index (χ1v) is 6.94. The second-order valence-electron chi connectivity index (χ2n) is 4.29. The normalized spacial score (nSPS) is 11.7. The molecule has 0 spiro atoms. The van der Waals surface area contributed by atoms with E-state index < -0.39 is 32.4 Å². The monoisotopic (exact) mass is 328 g/mol. The fourth-order valence-electron chi connectivity index (χ4n) is 1.55. The van der Waals surface area contributed by atoms with Gasteiger partial charge in [-0.2, -0.15) is 0 Å². The van der Waals surface area contributed by atoms with Crippen LogP contribution in [0.2, 0.25) is 0 Å². The summed E-state index contributed by atoms with van der Waals surface area (Å²) < 4.78 is 0. The lowest BCUT2D eigenvalue weighted by atomic mass is 10.2. The molecule has 0 fully saturated rings. The van der Waals surface area contributed by atoms with Gasteiger partial charge in [0.25, 0.3) is 11.4 Å². The van der Waals surface area contributed by atoms with Crippen molar-refractivity contribution >= 4 is 34.9 Å². The van der Waals surface area contributed by atoms with E-state index in [1.807, 2.05) is 0 Å². The molecule has 1 unspecified atom stereocenters. The largest absolute Gasteiger partial charge is 0.481 e. The first-order chi connectivity index (χ1) is 10.2. The number of thioether (sulfide) groups is 1. The van der Waals surface area contributed by atoms with E-state index in [4.69, 9.17) is 5.11 Å². The van der Waals surface area contributed by atoms with E-state index in [1.165, 1.54) is 13.0 Å². The summed E-state index contributed by atoms with van der Waals surface area (Å²) in [6, 6.07) is 3.16. The van der Waals surface area contributed by atoms with Crippen LogP contribution in [0.15, 0.2) is 23.1 Å². The molecule has 0 aliphatic heterocycles. The van der Waals surface area contributed by atoms with Gasteiger partial charge in [-0.05, 0) is 13.0 Å². The molecule has 118 valence electrons. The number of nitro groups is 2. The Labute approximate surface area is 128 Å². The number of ketones is 1. The number of Topliss-reactive ketones (excluding diaryl/α,β-unsaturated/α-hetero) is 1. The van der Waals surface area contributed by atoms with Crippen molar-refractivity contribution in [1.29, 1.82) is 0 Å². The van der Waals surface area contributed by atoms with Crippen molar-refractivity contribution in [1.82, 2.24) is 0 Å². The number of rotatable bonds is 8. The van der Waals surface area contributed by atoms with E-state index in [0.29, 0.717) is 0 Å². The first-order valence-electron chi connectivity index (χ1n) is 6.06. The highest BCUT2D eigenvalue weighted by molar-refractivity contribution is 8.00. The highest BCUT2D eigenvalue weighted by Gasteiger charge is 2.23. The Bertz CT molecular complexity index is 632. The first kappa shape index (κ1) is 17.6. The summed E-state index contributed by atoms with van der Waals surface area (Å²) in [6.07, 6.45) is -0.490. The topological polar surface area (TPSA) is 141 Å². The Hall–Kier alpha value is -2.49. The van der Waals surface area contributed by atoms with Gasteiger partial charge in [-0.1, -0.05) is 0 Å². The Kier molecular flexibility index (Phi) is 5.99. The lowest BCUT2D eigenvalue weighted by Crippen LogP contribution is -2.14. The number of carbonyl (C=O) groups is 2. The molecule has 0 saturated carbocycles. The fourth-order valence-corrected chi connectivity index (χ4v) is 2.58. The van der Waals surface area contributed by atoms with Crippen LogP contribution in [0.25, 0.3) is 0 Å². The number of nitrogens with zero attached hydrogens (tertiary/aromatic N) is 2. The number of carboxylic acids is 1. The molecule has 0 aliphatic carbocycles. The van der Waals surface area contributed by atoms with Crippen molar-refractivity contribution in [2.24, 2.45) is 0 Å². The highest BCUT2D eigenvalue weighted by Crippen LogP contribution is 2.35. The Balaban J connectivity index is 2.92. The molecule has 1 atom stereocenters. The molecule has 9 nitrogen and oxygen atoms in total. The number of hydrogen-bond acceptors (Lipinski definition) is 7. The summed E-state index contributed by atoms with van der Waals surface area (Å²) in [5.74, 6) is -1.47. The standard InChI is InChI=1S/C12H12N2O7S/c1-7(10(15)3-5-12(16)17)22-11-4-2-8(13(18)19)6-9(11)14(20)21/h2,4,6-7H,3,5H2,1H3,(H,16,17). The summed E-state index contributed by atoms with van der Waals surface area (Å²) in [7, 11) is 0. The van der Waals surface area contributed by atoms with Crippen LogP contribution in [-0.4, -0.2) is 32.0 Å². The number of nitro benzene ring substituents is 2. The third kappa shape index (κ3) is 4.81. The smallest absolute Gasteiger partial charge is 0.303 e. The van der Waals surface area contributed by atoms with Crippen LogP contribution >= 0.6 is 11.8 Å². The van der Waals surface area contributed by atoms with Gasteiger partial charge >= 0.3 is 5.97 Å². The number of aliphatic carboxylic acids is 1. The zero-order valence-electron chi connectivity index (χ0n) is 11.4. The zero-order chi connectivity index (χ0) is 16.9. The summed E-state index contributed by atoms with van der Waals surface area (Å²) in [6.45, 7) is 1.50. The van der Waals surface area contributed by atoms with Crippen LogP contribution in [0, 0.1) is 20.2 Å². The molecule has 1 aromatic carbocycles. The van der Waals surface area contributed by atoms with Crippen LogP contribution in [0.1, 0.15) is 19.8 Å². The Morgan fingerprint density at radius 2 is 1.86 bits per heavy atom. The summed E-state index contributed by atoms with van der Waals surface area (Å²) in [5, 5.41) is 29.4. The number of carbonyl (C=O) groups excluding carboxylic acids is 1. The maximum atomic E-state index is 11.7. The third-order valence-electron chi connectivity index (χ3n) is 2.69. The molecular weight excluding hydrogens is 316 g/mol. The fraction of sp³-hybridized carbons (Fsp3) is 0.333. The molecule has 22 heavy (non-hydrogen) atoms. The maximum absolute atomic E-state index is 11.7. The molecule has 0 bridgehead atoms. The van der Waals surface area contributed by atoms with E-state index in [9.17, 15) is 29.8 Å². The SMILES string of the molecule is CC(Sc1ccc([N+](=O)[O-])cc1[N+](=O)[O-])C(=O)CCC(=O)O. The molecule has 0 radical (unpaired) electrons. The van der Waals surface area contributed by atoms with Gasteiger partial charge < -0.3 is 5.11 Å². The van der Waals surface area contributed by atoms with Gasteiger partial charge in [0.05, 0.1) is 32.5 Å². The van der Waals surface area contributed by atoms with Crippen LogP contribution in [0.5, 0.6) is 0 Å². The number of carboxylic acid groups (broad SMARTS) is 1. The van der Waals surface area contributed by atoms with E-state index in [-0.39, 0.29) is 23.5 Å². The van der Waals surface area contributed by atoms with Crippen molar-refractivity contribution in [3.63, 3.8) is 0 Å². The molecule has 0 aliphatic rings. The highest BCUT2D eigenvalue weighted by atomic mass is 32.2. The molecule has 0 saturated heterocycles. The predicted octanol–water partition coefficient (Wildman–Crippen LogP) is 2.42. The molecule has 1 aromatic rings. The molecule has 0 aromatic heterocycles. The Morgan fingerprint density at radius 3 is 2.36 bits per heavy atom.